The minimum atomic E-state index is 0.445. The molecule has 2 N–H and O–H groups in total. The van der Waals surface area contributed by atoms with Crippen molar-refractivity contribution in [3.05, 3.63) is 22.8 Å². The van der Waals surface area contributed by atoms with Crippen LogP contribution in [0.4, 0.5) is 0 Å². The molecule has 4 nitrogen and oxygen atoms in total. The third-order valence-electron chi connectivity index (χ3n) is 3.19. The van der Waals surface area contributed by atoms with E-state index in [2.05, 4.69) is 9.88 Å². The smallest absolute Gasteiger partial charge is 0.232 e. The number of pyridine rings is 1. The van der Waals surface area contributed by atoms with Gasteiger partial charge in [0.05, 0.1) is 0 Å². The van der Waals surface area contributed by atoms with E-state index in [1.807, 2.05) is 6.07 Å². The van der Waals surface area contributed by atoms with Crippen LogP contribution in [-0.4, -0.2) is 36.1 Å². The van der Waals surface area contributed by atoms with E-state index < -0.39 is 0 Å². The lowest BCUT2D eigenvalue weighted by atomic mass is 10.1. The predicted molar refractivity (Wildman–Crippen MR) is 72.9 cm³/mol. The lowest BCUT2D eigenvalue weighted by Crippen LogP contribution is -2.33. The highest BCUT2D eigenvalue weighted by molar-refractivity contribution is 6.31. The largest absolute Gasteiger partial charge is 0.475 e. The first-order valence-electron chi connectivity index (χ1n) is 6.49. The first-order chi connectivity index (χ1) is 8.79. The number of hydrogen-bond donors (Lipinski definition) is 1. The van der Waals surface area contributed by atoms with Crippen LogP contribution >= 0.6 is 11.6 Å². The summed E-state index contributed by atoms with van der Waals surface area (Å²) < 4.78 is 5.61. The molecule has 0 atom stereocenters. The highest BCUT2D eigenvalue weighted by atomic mass is 35.5. The Morgan fingerprint density at radius 3 is 2.78 bits per heavy atom. The highest BCUT2D eigenvalue weighted by Crippen LogP contribution is 2.22. The van der Waals surface area contributed by atoms with E-state index in [9.17, 15) is 0 Å². The van der Waals surface area contributed by atoms with Crippen molar-refractivity contribution in [1.29, 1.82) is 0 Å². The van der Waals surface area contributed by atoms with Gasteiger partial charge < -0.3 is 10.5 Å². The van der Waals surface area contributed by atoms with Gasteiger partial charge in [-0.2, -0.15) is 0 Å². The second-order valence-corrected chi connectivity index (χ2v) is 4.99. The van der Waals surface area contributed by atoms with E-state index in [0.29, 0.717) is 24.1 Å². The third-order valence-corrected chi connectivity index (χ3v) is 3.47. The summed E-state index contributed by atoms with van der Waals surface area (Å²) in [4.78, 5) is 6.60. The van der Waals surface area contributed by atoms with E-state index in [4.69, 9.17) is 22.1 Å². The predicted octanol–water partition coefficient (Wildman–Crippen LogP) is 2.06. The molecule has 1 aromatic rings. The number of rotatable bonds is 5. The molecule has 0 bridgehead atoms. The topological polar surface area (TPSA) is 51.4 Å². The van der Waals surface area contributed by atoms with Gasteiger partial charge in [0.25, 0.3) is 0 Å². The Bertz CT molecular complexity index is 380. The maximum atomic E-state index is 6.07. The molecule has 0 unspecified atom stereocenters. The molecule has 1 saturated heterocycles. The standard InChI is InChI=1S/C13H20ClN3O/c14-12-8-11(9-15)10-16-13(12)18-7-6-17-4-2-1-3-5-17/h8,10H,1-7,9,15H2. The number of halogens is 1. The molecule has 1 fully saturated rings. The van der Waals surface area contributed by atoms with Crippen LogP contribution in [0.5, 0.6) is 5.88 Å². The van der Waals surface area contributed by atoms with Crippen LogP contribution in [0.1, 0.15) is 24.8 Å². The van der Waals surface area contributed by atoms with Gasteiger partial charge in [-0.05, 0) is 37.6 Å². The normalized spacial score (nSPS) is 16.8. The molecular weight excluding hydrogens is 250 g/mol. The summed E-state index contributed by atoms with van der Waals surface area (Å²) in [5, 5.41) is 0.539. The van der Waals surface area contributed by atoms with Gasteiger partial charge in [0.1, 0.15) is 11.6 Å². The van der Waals surface area contributed by atoms with E-state index in [1.165, 1.54) is 32.4 Å². The van der Waals surface area contributed by atoms with E-state index >= 15 is 0 Å². The molecule has 0 aromatic carbocycles. The summed E-state index contributed by atoms with van der Waals surface area (Å²) >= 11 is 6.07. The average molecular weight is 270 g/mol. The van der Waals surface area contributed by atoms with Gasteiger partial charge >= 0.3 is 0 Å². The quantitative estimate of drug-likeness (QED) is 0.889. The van der Waals surface area contributed by atoms with Gasteiger partial charge in [0.15, 0.2) is 0 Å². The molecule has 2 heterocycles. The molecule has 2 rings (SSSR count). The molecule has 0 spiro atoms. The minimum absolute atomic E-state index is 0.445. The van der Waals surface area contributed by atoms with E-state index in [1.54, 1.807) is 6.20 Å². The van der Waals surface area contributed by atoms with Crippen molar-refractivity contribution in [2.75, 3.05) is 26.2 Å². The van der Waals surface area contributed by atoms with Crippen LogP contribution < -0.4 is 10.5 Å². The van der Waals surface area contributed by atoms with Crippen LogP contribution in [0.3, 0.4) is 0 Å². The Labute approximate surface area is 113 Å². The maximum absolute atomic E-state index is 6.07. The average Bonchev–Trinajstić information content (AvgIpc) is 2.42. The summed E-state index contributed by atoms with van der Waals surface area (Å²) in [7, 11) is 0. The fourth-order valence-corrected chi connectivity index (χ4v) is 2.38. The maximum Gasteiger partial charge on any atom is 0.232 e. The lowest BCUT2D eigenvalue weighted by Gasteiger charge is -2.26. The summed E-state index contributed by atoms with van der Waals surface area (Å²) in [6.07, 6.45) is 5.65. The lowest BCUT2D eigenvalue weighted by molar-refractivity contribution is 0.180. The highest BCUT2D eigenvalue weighted by Gasteiger charge is 2.10. The summed E-state index contributed by atoms with van der Waals surface area (Å²) in [6.45, 7) is 4.37. The van der Waals surface area contributed by atoms with Crippen LogP contribution in [0.2, 0.25) is 5.02 Å². The molecule has 18 heavy (non-hydrogen) atoms. The van der Waals surface area contributed by atoms with E-state index in [-0.39, 0.29) is 0 Å². The van der Waals surface area contributed by atoms with Crippen LogP contribution in [0.25, 0.3) is 0 Å². The molecule has 1 aromatic heterocycles. The number of nitrogens with zero attached hydrogens (tertiary/aromatic N) is 2. The fraction of sp³-hybridized carbons (Fsp3) is 0.615. The molecule has 1 aliphatic heterocycles. The first kappa shape index (κ1) is 13.6. The Hall–Kier alpha value is -0.840. The summed E-state index contributed by atoms with van der Waals surface area (Å²) in [5.74, 6) is 0.505. The Balaban J connectivity index is 1.79. The molecular formula is C13H20ClN3O. The Morgan fingerprint density at radius 2 is 2.11 bits per heavy atom. The fourth-order valence-electron chi connectivity index (χ4n) is 2.14. The number of nitrogens with two attached hydrogens (primary N) is 1. The molecule has 0 aliphatic carbocycles. The third kappa shape index (κ3) is 3.83. The molecule has 0 saturated carbocycles. The first-order valence-corrected chi connectivity index (χ1v) is 6.87. The minimum Gasteiger partial charge on any atom is -0.475 e. The number of likely N-dealkylation sites (tertiary alicyclic amines) is 1. The monoisotopic (exact) mass is 269 g/mol. The Morgan fingerprint density at radius 1 is 1.33 bits per heavy atom. The van der Waals surface area contributed by atoms with Crippen molar-refractivity contribution < 1.29 is 4.74 Å². The molecule has 0 amide bonds. The number of piperidine rings is 1. The molecule has 5 heteroatoms. The zero-order chi connectivity index (χ0) is 12.8. The van der Waals surface area contributed by atoms with Gasteiger partial charge in [0.2, 0.25) is 5.88 Å². The van der Waals surface area contributed by atoms with Crippen LogP contribution in [0.15, 0.2) is 12.3 Å². The van der Waals surface area contributed by atoms with Crippen molar-refractivity contribution >= 4 is 11.6 Å². The zero-order valence-electron chi connectivity index (χ0n) is 10.6. The van der Waals surface area contributed by atoms with Crippen molar-refractivity contribution in [3.8, 4) is 5.88 Å². The van der Waals surface area contributed by atoms with Gasteiger partial charge in [-0.1, -0.05) is 18.0 Å². The van der Waals surface area contributed by atoms with Gasteiger partial charge in [0, 0.05) is 19.3 Å². The molecule has 1 aliphatic rings. The van der Waals surface area contributed by atoms with Crippen molar-refractivity contribution in [3.63, 3.8) is 0 Å². The van der Waals surface area contributed by atoms with Gasteiger partial charge in [-0.25, -0.2) is 4.98 Å². The van der Waals surface area contributed by atoms with Gasteiger partial charge in [-0.15, -0.1) is 0 Å². The van der Waals surface area contributed by atoms with E-state index in [0.717, 1.165) is 12.1 Å². The van der Waals surface area contributed by atoms with Crippen molar-refractivity contribution in [1.82, 2.24) is 9.88 Å². The second-order valence-electron chi connectivity index (χ2n) is 4.59. The molecule has 100 valence electrons. The summed E-state index contributed by atoms with van der Waals surface area (Å²) in [5.41, 5.74) is 6.44. The van der Waals surface area contributed by atoms with Crippen LogP contribution in [-0.2, 0) is 6.54 Å². The number of aromatic nitrogens is 1. The molecule has 0 radical (unpaired) electrons. The second kappa shape index (κ2) is 6.92. The van der Waals surface area contributed by atoms with Crippen LogP contribution in [0, 0.1) is 0 Å². The Kier molecular flexibility index (Phi) is 5.23. The summed E-state index contributed by atoms with van der Waals surface area (Å²) in [6, 6.07) is 1.81. The number of ether oxygens (including phenoxy) is 1. The number of hydrogen-bond acceptors (Lipinski definition) is 4. The SMILES string of the molecule is NCc1cnc(OCCN2CCCCC2)c(Cl)c1. The van der Waals surface area contributed by atoms with Gasteiger partial charge in [-0.3, -0.25) is 4.90 Å². The van der Waals surface area contributed by atoms with Crippen molar-refractivity contribution in [2.45, 2.75) is 25.8 Å². The zero-order valence-corrected chi connectivity index (χ0v) is 11.3. The van der Waals surface area contributed by atoms with Crippen molar-refractivity contribution in [2.24, 2.45) is 5.73 Å².